The van der Waals surface area contributed by atoms with Crippen LogP contribution in [0.15, 0.2) is 59.7 Å². The van der Waals surface area contributed by atoms with Gasteiger partial charge in [-0.15, -0.1) is 0 Å². The Labute approximate surface area is 244 Å². The molecule has 42 heavy (non-hydrogen) atoms. The first-order valence-corrected chi connectivity index (χ1v) is 14.4. The van der Waals surface area contributed by atoms with E-state index >= 15 is 0 Å². The third-order valence-corrected chi connectivity index (χ3v) is 8.76. The van der Waals surface area contributed by atoms with Gasteiger partial charge in [-0.3, -0.25) is 0 Å². The van der Waals surface area contributed by atoms with Crippen molar-refractivity contribution in [1.82, 2.24) is 4.90 Å². The second kappa shape index (κ2) is 12.5. The molecule has 0 aliphatic carbocycles. The Morgan fingerprint density at radius 2 is 1.83 bits per heavy atom. The van der Waals surface area contributed by atoms with Crippen molar-refractivity contribution in [2.45, 2.75) is 103 Å². The number of allylic oxidation sites excluding steroid dienone is 2. The van der Waals surface area contributed by atoms with E-state index in [4.69, 9.17) is 9.47 Å². The quantitative estimate of drug-likeness (QED) is 0.245. The highest BCUT2D eigenvalue weighted by Crippen LogP contribution is 2.48. The zero-order valence-electron chi connectivity index (χ0n) is 24.9. The van der Waals surface area contributed by atoms with E-state index in [1.165, 1.54) is 26.2 Å². The summed E-state index contributed by atoms with van der Waals surface area (Å²) >= 11 is 0. The molecule has 0 bridgehead atoms. The fraction of sp³-hybridized carbons (Fsp3) is 0.515. The molecule has 2 aromatic carbocycles. The molecule has 0 aromatic heterocycles. The monoisotopic (exact) mass is 593 g/mol. The van der Waals surface area contributed by atoms with Gasteiger partial charge in [0, 0.05) is 24.6 Å². The topological polar surface area (TPSA) is 41.9 Å². The number of benzene rings is 2. The van der Waals surface area contributed by atoms with Gasteiger partial charge in [-0.25, -0.2) is 13.7 Å². The van der Waals surface area contributed by atoms with E-state index in [2.05, 4.69) is 13.8 Å². The third kappa shape index (κ3) is 6.43. The number of aliphatic hydroxyl groups is 1. The molecule has 2 heterocycles. The standard InChI is InChI=1S/C33H40F5NO3/c1-7-19(3)22-12-15-29(41-6)26(17-22)24-14-13-23(33(36,37)38)18-25(24)27-10-9-11-28-30(42-31(40)39(27)28)21(8-2)16-20(4)32(5,34)35/h8,12-19,27-28,30-31,40H,7,9-11H2,1-6H3. The molecule has 0 saturated carbocycles. The number of methoxy groups -OCH3 is 1. The normalized spacial score (nSPS) is 25.0. The van der Waals surface area contributed by atoms with Crippen LogP contribution in [0.1, 0.15) is 89.0 Å². The van der Waals surface area contributed by atoms with Gasteiger partial charge in [-0.05, 0) is 97.6 Å². The Hall–Kier alpha value is -2.75. The van der Waals surface area contributed by atoms with Crippen molar-refractivity contribution in [3.05, 3.63) is 76.4 Å². The van der Waals surface area contributed by atoms with E-state index in [0.717, 1.165) is 31.0 Å². The SMILES string of the molecule is CC=C(C=C(C)C(C)(F)F)C1OC(O)N2C(c3cc(C(F)(F)F)ccc3-c3cc(C(C)CC)ccc3OC)CCCC12. The highest BCUT2D eigenvalue weighted by molar-refractivity contribution is 5.75. The van der Waals surface area contributed by atoms with Gasteiger partial charge in [-0.2, -0.15) is 13.2 Å². The molecular weight excluding hydrogens is 553 g/mol. The Morgan fingerprint density at radius 3 is 2.43 bits per heavy atom. The molecule has 2 aliphatic rings. The molecule has 230 valence electrons. The Kier molecular flexibility index (Phi) is 9.55. The maximum atomic E-state index is 14.0. The van der Waals surface area contributed by atoms with Crippen molar-refractivity contribution in [2.24, 2.45) is 0 Å². The Balaban J connectivity index is 1.85. The van der Waals surface area contributed by atoms with Crippen molar-refractivity contribution in [2.75, 3.05) is 7.11 Å². The number of aliphatic hydroxyl groups excluding tert-OH is 1. The summed E-state index contributed by atoms with van der Waals surface area (Å²) in [6.07, 6.45) is -1.04. The lowest BCUT2D eigenvalue weighted by Gasteiger charge is -2.40. The van der Waals surface area contributed by atoms with Crippen LogP contribution in [0.2, 0.25) is 0 Å². The van der Waals surface area contributed by atoms with Crippen molar-refractivity contribution in [1.29, 1.82) is 0 Å². The van der Waals surface area contributed by atoms with Gasteiger partial charge in [0.25, 0.3) is 5.92 Å². The van der Waals surface area contributed by atoms with Crippen LogP contribution in [0, 0.1) is 0 Å². The molecule has 2 fully saturated rings. The lowest BCUT2D eigenvalue weighted by Crippen LogP contribution is -2.45. The van der Waals surface area contributed by atoms with E-state index in [1.807, 2.05) is 18.2 Å². The number of hydrogen-bond donors (Lipinski definition) is 1. The van der Waals surface area contributed by atoms with Crippen molar-refractivity contribution >= 4 is 0 Å². The van der Waals surface area contributed by atoms with Gasteiger partial charge in [0.15, 0.2) is 0 Å². The number of halogens is 5. The van der Waals surface area contributed by atoms with Crippen LogP contribution in [0.4, 0.5) is 22.0 Å². The average Bonchev–Trinajstić information content (AvgIpc) is 3.29. The molecular formula is C33H40F5NO3. The summed E-state index contributed by atoms with van der Waals surface area (Å²) in [5, 5.41) is 11.2. The highest BCUT2D eigenvalue weighted by atomic mass is 19.4. The molecule has 0 spiro atoms. The Bertz CT molecular complexity index is 1330. The van der Waals surface area contributed by atoms with Crippen molar-refractivity contribution in [3.63, 3.8) is 0 Å². The molecule has 9 heteroatoms. The van der Waals surface area contributed by atoms with Crippen LogP contribution in [-0.4, -0.2) is 41.6 Å². The number of hydrogen-bond acceptors (Lipinski definition) is 4. The molecule has 2 saturated heterocycles. The third-order valence-electron chi connectivity index (χ3n) is 8.76. The van der Waals surface area contributed by atoms with Crippen LogP contribution in [0.25, 0.3) is 11.1 Å². The fourth-order valence-corrected chi connectivity index (χ4v) is 6.03. The largest absolute Gasteiger partial charge is 0.496 e. The number of nitrogens with zero attached hydrogens (tertiary/aromatic N) is 1. The van der Waals surface area contributed by atoms with Gasteiger partial charge >= 0.3 is 6.18 Å². The predicted molar refractivity (Wildman–Crippen MR) is 153 cm³/mol. The molecule has 4 nitrogen and oxygen atoms in total. The molecule has 0 amide bonds. The van der Waals surface area contributed by atoms with E-state index in [1.54, 1.807) is 17.9 Å². The van der Waals surface area contributed by atoms with Gasteiger partial charge in [0.2, 0.25) is 6.41 Å². The first kappa shape index (κ1) is 32.2. The maximum absolute atomic E-state index is 14.0. The summed E-state index contributed by atoms with van der Waals surface area (Å²) in [6.45, 7) is 8.04. The summed E-state index contributed by atoms with van der Waals surface area (Å²) in [5.74, 6) is -2.27. The zero-order valence-corrected chi connectivity index (χ0v) is 24.9. The molecule has 5 unspecified atom stereocenters. The Morgan fingerprint density at radius 1 is 1.12 bits per heavy atom. The molecule has 5 atom stereocenters. The second-order valence-corrected chi connectivity index (χ2v) is 11.4. The number of alkyl halides is 5. The summed E-state index contributed by atoms with van der Waals surface area (Å²) in [5.41, 5.74) is 2.26. The number of rotatable bonds is 8. The van der Waals surface area contributed by atoms with Crippen LogP contribution in [0.3, 0.4) is 0 Å². The number of ether oxygens (including phenoxy) is 2. The summed E-state index contributed by atoms with van der Waals surface area (Å²) in [6, 6.07) is 8.45. The highest BCUT2D eigenvalue weighted by Gasteiger charge is 2.49. The summed E-state index contributed by atoms with van der Waals surface area (Å²) < 4.78 is 81.7. The van der Waals surface area contributed by atoms with E-state index in [0.29, 0.717) is 47.3 Å². The zero-order chi connectivity index (χ0) is 31.0. The minimum Gasteiger partial charge on any atom is -0.496 e. The minimum absolute atomic E-state index is 0.145. The average molecular weight is 594 g/mol. The van der Waals surface area contributed by atoms with Gasteiger partial charge in [-0.1, -0.05) is 38.1 Å². The fourth-order valence-electron chi connectivity index (χ4n) is 6.03. The van der Waals surface area contributed by atoms with Crippen molar-refractivity contribution < 1.29 is 36.5 Å². The minimum atomic E-state index is -4.57. The van der Waals surface area contributed by atoms with Gasteiger partial charge < -0.3 is 14.6 Å². The molecule has 2 aliphatic heterocycles. The number of fused-ring (bicyclic) bond motifs is 1. The van der Waals surface area contributed by atoms with E-state index in [9.17, 15) is 27.1 Å². The van der Waals surface area contributed by atoms with E-state index < -0.39 is 42.3 Å². The second-order valence-electron chi connectivity index (χ2n) is 11.4. The number of piperidine rings is 1. The summed E-state index contributed by atoms with van der Waals surface area (Å²) in [7, 11) is 1.53. The van der Waals surface area contributed by atoms with Gasteiger partial charge in [0.05, 0.1) is 12.7 Å². The lowest BCUT2D eigenvalue weighted by molar-refractivity contribution is -0.161. The van der Waals surface area contributed by atoms with Crippen LogP contribution in [0.5, 0.6) is 5.75 Å². The van der Waals surface area contributed by atoms with Crippen LogP contribution >= 0.6 is 0 Å². The summed E-state index contributed by atoms with van der Waals surface area (Å²) in [4.78, 5) is 1.70. The van der Waals surface area contributed by atoms with Crippen LogP contribution < -0.4 is 4.74 Å². The van der Waals surface area contributed by atoms with Gasteiger partial charge in [0.1, 0.15) is 11.9 Å². The molecule has 2 aromatic rings. The predicted octanol–water partition coefficient (Wildman–Crippen LogP) is 9.01. The van der Waals surface area contributed by atoms with Crippen molar-refractivity contribution in [3.8, 4) is 16.9 Å². The first-order chi connectivity index (χ1) is 19.7. The molecule has 1 N–H and O–H groups in total. The van der Waals surface area contributed by atoms with Crippen LogP contribution in [-0.2, 0) is 10.9 Å². The lowest BCUT2D eigenvalue weighted by atomic mass is 9.83. The smallest absolute Gasteiger partial charge is 0.416 e. The first-order valence-electron chi connectivity index (χ1n) is 14.4. The molecule has 4 rings (SSSR count). The molecule has 0 radical (unpaired) electrons. The maximum Gasteiger partial charge on any atom is 0.416 e. The van der Waals surface area contributed by atoms with E-state index in [-0.39, 0.29) is 11.5 Å².